The van der Waals surface area contributed by atoms with Crippen LogP contribution in [0.1, 0.15) is 56.2 Å². The van der Waals surface area contributed by atoms with Crippen molar-refractivity contribution < 1.29 is 8.42 Å². The standard InChI is InChI=1S/C28H33NO2S/c1-22-15-17-25(18-16-22)32(30,31)29-21-27(2,3)20-28(29,4)19-26(23-11-7-5-8-12-23)24-13-9-6-10-14-24/h5-18,26H,19-21H2,1-4H3. The number of benzene rings is 3. The molecule has 4 rings (SSSR count). The summed E-state index contributed by atoms with van der Waals surface area (Å²) in [6, 6.07) is 28.1. The van der Waals surface area contributed by atoms with Gasteiger partial charge in [-0.1, -0.05) is 92.2 Å². The molecule has 168 valence electrons. The van der Waals surface area contributed by atoms with Crippen molar-refractivity contribution in [1.29, 1.82) is 0 Å². The smallest absolute Gasteiger partial charge is 0.207 e. The molecule has 1 saturated heterocycles. The summed E-state index contributed by atoms with van der Waals surface area (Å²) in [5, 5.41) is 0. The maximum atomic E-state index is 13.8. The lowest BCUT2D eigenvalue weighted by Gasteiger charge is -2.37. The quantitative estimate of drug-likeness (QED) is 0.439. The molecule has 0 N–H and O–H groups in total. The second kappa shape index (κ2) is 8.49. The first kappa shape index (κ1) is 22.8. The first-order valence-corrected chi connectivity index (χ1v) is 12.7. The minimum absolute atomic E-state index is 0.0928. The fourth-order valence-electron chi connectivity index (χ4n) is 5.38. The van der Waals surface area contributed by atoms with Gasteiger partial charge in [0.1, 0.15) is 0 Å². The fourth-order valence-corrected chi connectivity index (χ4v) is 7.35. The van der Waals surface area contributed by atoms with E-state index in [9.17, 15) is 8.42 Å². The SMILES string of the molecule is Cc1ccc(S(=O)(=O)N2CC(C)(C)CC2(C)CC(c2ccccc2)c2ccccc2)cc1. The van der Waals surface area contributed by atoms with Gasteiger partial charge in [-0.15, -0.1) is 0 Å². The third-order valence-corrected chi connectivity index (χ3v) is 8.71. The predicted molar refractivity (Wildman–Crippen MR) is 131 cm³/mol. The van der Waals surface area contributed by atoms with Crippen LogP contribution in [-0.2, 0) is 10.0 Å². The zero-order chi connectivity index (χ0) is 23.0. The monoisotopic (exact) mass is 447 g/mol. The first-order chi connectivity index (χ1) is 15.1. The van der Waals surface area contributed by atoms with Crippen LogP contribution in [0, 0.1) is 12.3 Å². The molecule has 1 unspecified atom stereocenters. The summed E-state index contributed by atoms with van der Waals surface area (Å²) >= 11 is 0. The molecule has 1 heterocycles. The number of nitrogens with zero attached hydrogens (tertiary/aromatic N) is 1. The van der Waals surface area contributed by atoms with Crippen LogP contribution in [0.5, 0.6) is 0 Å². The Morgan fingerprint density at radius 3 is 1.81 bits per heavy atom. The van der Waals surface area contributed by atoms with Crippen molar-refractivity contribution in [1.82, 2.24) is 4.31 Å². The molecular weight excluding hydrogens is 414 g/mol. The van der Waals surface area contributed by atoms with E-state index in [1.54, 1.807) is 16.4 Å². The molecule has 0 radical (unpaired) electrons. The summed E-state index contributed by atoms with van der Waals surface area (Å²) in [4.78, 5) is 0.378. The van der Waals surface area contributed by atoms with E-state index in [0.29, 0.717) is 11.4 Å². The average Bonchev–Trinajstić information content (AvgIpc) is 3.03. The maximum absolute atomic E-state index is 13.8. The van der Waals surface area contributed by atoms with Gasteiger partial charge in [-0.3, -0.25) is 0 Å². The van der Waals surface area contributed by atoms with Gasteiger partial charge in [-0.05, 0) is 55.4 Å². The molecule has 0 saturated carbocycles. The molecule has 0 spiro atoms. The fraction of sp³-hybridized carbons (Fsp3) is 0.357. The zero-order valence-electron chi connectivity index (χ0n) is 19.5. The van der Waals surface area contributed by atoms with Crippen molar-refractivity contribution in [3.8, 4) is 0 Å². The Kier molecular flexibility index (Phi) is 6.04. The minimum Gasteiger partial charge on any atom is -0.207 e. The highest BCUT2D eigenvalue weighted by atomic mass is 32.2. The summed E-state index contributed by atoms with van der Waals surface area (Å²) in [5.41, 5.74) is 2.91. The topological polar surface area (TPSA) is 37.4 Å². The Balaban J connectivity index is 1.77. The highest BCUT2D eigenvalue weighted by Gasteiger charge is 2.52. The largest absolute Gasteiger partial charge is 0.243 e. The molecule has 1 aliphatic heterocycles. The summed E-state index contributed by atoms with van der Waals surface area (Å²) in [6.07, 6.45) is 1.55. The van der Waals surface area contributed by atoms with E-state index in [-0.39, 0.29) is 11.3 Å². The molecule has 0 aliphatic carbocycles. The van der Waals surface area contributed by atoms with Gasteiger partial charge in [0.05, 0.1) is 4.90 Å². The molecule has 3 nitrogen and oxygen atoms in total. The molecule has 1 fully saturated rings. The summed E-state index contributed by atoms with van der Waals surface area (Å²) in [6.45, 7) is 8.98. The van der Waals surface area contributed by atoms with Gasteiger partial charge in [0.2, 0.25) is 10.0 Å². The molecular formula is C28H33NO2S. The highest BCUT2D eigenvalue weighted by molar-refractivity contribution is 7.89. The molecule has 0 bridgehead atoms. The lowest BCUT2D eigenvalue weighted by Crippen LogP contribution is -2.46. The van der Waals surface area contributed by atoms with Crippen LogP contribution in [0.25, 0.3) is 0 Å². The number of rotatable bonds is 6. The third-order valence-electron chi connectivity index (χ3n) is 6.69. The van der Waals surface area contributed by atoms with Crippen molar-refractivity contribution in [2.45, 2.75) is 56.9 Å². The predicted octanol–water partition coefficient (Wildman–Crippen LogP) is 6.40. The van der Waals surface area contributed by atoms with Crippen LogP contribution in [0.15, 0.2) is 89.8 Å². The molecule has 1 atom stereocenters. The summed E-state index contributed by atoms with van der Waals surface area (Å²) in [7, 11) is -3.61. The van der Waals surface area contributed by atoms with Gasteiger partial charge in [-0.2, -0.15) is 4.31 Å². The van der Waals surface area contributed by atoms with E-state index < -0.39 is 15.6 Å². The van der Waals surface area contributed by atoms with Crippen molar-refractivity contribution >= 4 is 10.0 Å². The van der Waals surface area contributed by atoms with Crippen LogP contribution >= 0.6 is 0 Å². The van der Waals surface area contributed by atoms with E-state index >= 15 is 0 Å². The Labute approximate surface area is 193 Å². The lowest BCUT2D eigenvalue weighted by atomic mass is 9.76. The molecule has 1 aliphatic rings. The minimum atomic E-state index is -3.61. The van der Waals surface area contributed by atoms with Gasteiger partial charge in [-0.25, -0.2) is 8.42 Å². The number of sulfonamides is 1. The van der Waals surface area contributed by atoms with E-state index in [1.165, 1.54) is 11.1 Å². The molecule has 3 aromatic rings. The Hall–Kier alpha value is -2.43. The maximum Gasteiger partial charge on any atom is 0.243 e. The summed E-state index contributed by atoms with van der Waals surface area (Å²) in [5.74, 6) is 0.118. The van der Waals surface area contributed by atoms with Crippen LogP contribution in [-0.4, -0.2) is 24.8 Å². The van der Waals surface area contributed by atoms with Crippen molar-refractivity contribution in [3.05, 3.63) is 102 Å². The van der Waals surface area contributed by atoms with Crippen LogP contribution < -0.4 is 0 Å². The van der Waals surface area contributed by atoms with E-state index in [1.807, 2.05) is 31.2 Å². The van der Waals surface area contributed by atoms with Crippen molar-refractivity contribution in [2.75, 3.05) is 6.54 Å². The van der Waals surface area contributed by atoms with Crippen LogP contribution in [0.3, 0.4) is 0 Å². The van der Waals surface area contributed by atoms with Crippen molar-refractivity contribution in [3.63, 3.8) is 0 Å². The molecule has 4 heteroatoms. The second-order valence-corrected chi connectivity index (χ2v) is 12.1. The number of hydrogen-bond donors (Lipinski definition) is 0. The van der Waals surface area contributed by atoms with E-state index in [4.69, 9.17) is 0 Å². The molecule has 32 heavy (non-hydrogen) atoms. The van der Waals surface area contributed by atoms with Gasteiger partial charge in [0, 0.05) is 18.0 Å². The third kappa shape index (κ3) is 4.53. The van der Waals surface area contributed by atoms with Crippen LogP contribution in [0.4, 0.5) is 0 Å². The van der Waals surface area contributed by atoms with E-state index in [2.05, 4.69) is 69.3 Å². The van der Waals surface area contributed by atoms with Gasteiger partial charge >= 0.3 is 0 Å². The normalized spacial score (nSPS) is 21.2. The Bertz CT molecular complexity index is 1120. The molecule has 3 aromatic carbocycles. The Morgan fingerprint density at radius 2 is 1.31 bits per heavy atom. The molecule has 0 aromatic heterocycles. The molecule has 0 amide bonds. The van der Waals surface area contributed by atoms with Gasteiger partial charge < -0.3 is 0 Å². The zero-order valence-corrected chi connectivity index (χ0v) is 20.3. The summed E-state index contributed by atoms with van der Waals surface area (Å²) < 4.78 is 29.4. The first-order valence-electron chi connectivity index (χ1n) is 11.3. The van der Waals surface area contributed by atoms with Crippen molar-refractivity contribution in [2.24, 2.45) is 5.41 Å². The van der Waals surface area contributed by atoms with E-state index in [0.717, 1.165) is 18.4 Å². The average molecular weight is 448 g/mol. The lowest BCUT2D eigenvalue weighted by molar-refractivity contribution is 0.237. The Morgan fingerprint density at radius 1 is 0.812 bits per heavy atom. The number of aryl methyl sites for hydroxylation is 1. The van der Waals surface area contributed by atoms with Gasteiger partial charge in [0.25, 0.3) is 0 Å². The van der Waals surface area contributed by atoms with Gasteiger partial charge in [0.15, 0.2) is 0 Å². The highest BCUT2D eigenvalue weighted by Crippen LogP contribution is 2.49. The number of hydrogen-bond acceptors (Lipinski definition) is 2. The van der Waals surface area contributed by atoms with Crippen LogP contribution in [0.2, 0.25) is 0 Å². The second-order valence-electron chi connectivity index (χ2n) is 10.2.